The van der Waals surface area contributed by atoms with Crippen molar-refractivity contribution in [2.24, 2.45) is 0 Å². The molecule has 0 heterocycles. The zero-order valence-corrected chi connectivity index (χ0v) is 17.3. The van der Waals surface area contributed by atoms with Gasteiger partial charge in [-0.25, -0.2) is 0 Å². The van der Waals surface area contributed by atoms with Crippen LogP contribution in [0.1, 0.15) is 25.3 Å². The first-order chi connectivity index (χ1) is 14.7. The van der Waals surface area contributed by atoms with Gasteiger partial charge < -0.3 is 20.1 Å². The Morgan fingerprint density at radius 3 is 2.53 bits per heavy atom. The lowest BCUT2D eigenvalue weighted by Gasteiger charge is -2.13. The van der Waals surface area contributed by atoms with Gasteiger partial charge in [0.25, 0.3) is 0 Å². The van der Waals surface area contributed by atoms with Crippen molar-refractivity contribution in [2.75, 3.05) is 23.8 Å². The highest BCUT2D eigenvalue weighted by Crippen LogP contribution is 2.24. The molecule has 2 N–H and O–H groups in total. The Balaban J connectivity index is 1.50. The number of rotatable bonds is 11. The summed E-state index contributed by atoms with van der Waals surface area (Å²) in [5.74, 6) is 1.30. The maximum atomic E-state index is 12.4. The minimum absolute atomic E-state index is 0.142. The molecule has 0 saturated carbocycles. The number of anilines is 2. The smallest absolute Gasteiger partial charge is 0.243 e. The molecule has 5 heteroatoms. The van der Waals surface area contributed by atoms with Crippen LogP contribution in [-0.4, -0.2) is 19.1 Å². The fourth-order valence-corrected chi connectivity index (χ4v) is 2.84. The lowest BCUT2D eigenvalue weighted by Crippen LogP contribution is -2.22. The maximum Gasteiger partial charge on any atom is 0.243 e. The zero-order valence-electron chi connectivity index (χ0n) is 17.3. The van der Waals surface area contributed by atoms with Gasteiger partial charge in [0.05, 0.1) is 18.8 Å². The molecule has 0 saturated heterocycles. The molecule has 0 aliphatic carbocycles. The minimum Gasteiger partial charge on any atom is -0.491 e. The Hall–Kier alpha value is -3.47. The monoisotopic (exact) mass is 404 g/mol. The van der Waals surface area contributed by atoms with Gasteiger partial charge in [0, 0.05) is 11.8 Å². The first-order valence-corrected chi connectivity index (χ1v) is 10.3. The molecule has 0 aromatic heterocycles. The SMILES string of the molecule is CCCCOc1ccccc1NC(=O)CNc1cccc(OCc2ccccc2)c1. The largest absolute Gasteiger partial charge is 0.491 e. The third kappa shape index (κ3) is 6.85. The van der Waals surface area contributed by atoms with E-state index in [4.69, 9.17) is 9.47 Å². The number of carbonyl (C=O) groups is 1. The fourth-order valence-electron chi connectivity index (χ4n) is 2.84. The van der Waals surface area contributed by atoms with Crippen molar-refractivity contribution in [3.8, 4) is 11.5 Å². The number of unbranched alkanes of at least 4 members (excludes halogenated alkanes) is 1. The molecule has 0 aliphatic heterocycles. The molecule has 0 atom stereocenters. The predicted molar refractivity (Wildman–Crippen MR) is 121 cm³/mol. The van der Waals surface area contributed by atoms with E-state index in [1.807, 2.05) is 78.9 Å². The molecule has 1 amide bonds. The van der Waals surface area contributed by atoms with Crippen molar-refractivity contribution in [1.82, 2.24) is 0 Å². The molecule has 0 fully saturated rings. The summed E-state index contributed by atoms with van der Waals surface area (Å²) in [4.78, 5) is 12.4. The molecule has 0 bridgehead atoms. The highest BCUT2D eigenvalue weighted by atomic mass is 16.5. The van der Waals surface area contributed by atoms with Crippen LogP contribution in [-0.2, 0) is 11.4 Å². The van der Waals surface area contributed by atoms with Crippen LogP contribution in [0.25, 0.3) is 0 Å². The third-order valence-corrected chi connectivity index (χ3v) is 4.45. The van der Waals surface area contributed by atoms with Crippen LogP contribution in [0.5, 0.6) is 11.5 Å². The average molecular weight is 405 g/mol. The van der Waals surface area contributed by atoms with Gasteiger partial charge in [0.2, 0.25) is 5.91 Å². The second-order valence-corrected chi connectivity index (χ2v) is 6.90. The van der Waals surface area contributed by atoms with E-state index in [1.54, 1.807) is 0 Å². The van der Waals surface area contributed by atoms with Crippen molar-refractivity contribution < 1.29 is 14.3 Å². The number of hydrogen-bond acceptors (Lipinski definition) is 4. The molecule has 0 radical (unpaired) electrons. The van der Waals surface area contributed by atoms with E-state index < -0.39 is 0 Å². The number of carbonyl (C=O) groups excluding carboxylic acids is 1. The van der Waals surface area contributed by atoms with E-state index in [2.05, 4.69) is 17.6 Å². The topological polar surface area (TPSA) is 59.6 Å². The highest BCUT2D eigenvalue weighted by Gasteiger charge is 2.08. The van der Waals surface area contributed by atoms with Gasteiger partial charge in [0.1, 0.15) is 18.1 Å². The van der Waals surface area contributed by atoms with E-state index in [1.165, 1.54) is 0 Å². The normalized spacial score (nSPS) is 10.3. The molecule has 0 spiro atoms. The second-order valence-electron chi connectivity index (χ2n) is 6.90. The zero-order chi connectivity index (χ0) is 21.0. The van der Waals surface area contributed by atoms with E-state index in [-0.39, 0.29) is 12.5 Å². The molecule has 0 unspecified atom stereocenters. The minimum atomic E-state index is -0.142. The number of nitrogens with one attached hydrogen (secondary N) is 2. The van der Waals surface area contributed by atoms with E-state index >= 15 is 0 Å². The summed E-state index contributed by atoms with van der Waals surface area (Å²) in [5, 5.41) is 6.05. The second kappa shape index (κ2) is 11.5. The van der Waals surface area contributed by atoms with Crippen molar-refractivity contribution in [3.63, 3.8) is 0 Å². The van der Waals surface area contributed by atoms with Crippen molar-refractivity contribution in [3.05, 3.63) is 84.4 Å². The number of ether oxygens (including phenoxy) is 2. The van der Waals surface area contributed by atoms with Gasteiger partial charge in [-0.15, -0.1) is 0 Å². The maximum absolute atomic E-state index is 12.4. The third-order valence-electron chi connectivity index (χ3n) is 4.45. The van der Waals surface area contributed by atoms with Gasteiger partial charge in [-0.1, -0.05) is 61.9 Å². The van der Waals surface area contributed by atoms with E-state index in [0.29, 0.717) is 24.7 Å². The van der Waals surface area contributed by atoms with Crippen LogP contribution in [0.15, 0.2) is 78.9 Å². The summed E-state index contributed by atoms with van der Waals surface area (Å²) in [6.07, 6.45) is 2.04. The van der Waals surface area contributed by atoms with Gasteiger partial charge in [-0.3, -0.25) is 4.79 Å². The van der Waals surface area contributed by atoms with Crippen LogP contribution in [0.3, 0.4) is 0 Å². The quantitative estimate of drug-likeness (QED) is 0.415. The Kier molecular flexibility index (Phi) is 8.15. The number of benzene rings is 3. The number of para-hydroxylation sites is 2. The Morgan fingerprint density at radius 1 is 0.900 bits per heavy atom. The van der Waals surface area contributed by atoms with Gasteiger partial charge in [0.15, 0.2) is 0 Å². The first kappa shape index (κ1) is 21.2. The van der Waals surface area contributed by atoms with Crippen molar-refractivity contribution in [1.29, 1.82) is 0 Å². The van der Waals surface area contributed by atoms with Gasteiger partial charge in [-0.2, -0.15) is 0 Å². The van der Waals surface area contributed by atoms with Crippen LogP contribution in [0.4, 0.5) is 11.4 Å². The predicted octanol–water partition coefficient (Wildman–Crippen LogP) is 5.50. The van der Waals surface area contributed by atoms with E-state index in [9.17, 15) is 4.79 Å². The lowest BCUT2D eigenvalue weighted by molar-refractivity contribution is -0.114. The van der Waals surface area contributed by atoms with Crippen LogP contribution < -0.4 is 20.1 Å². The molecule has 0 aliphatic rings. The average Bonchev–Trinajstić information content (AvgIpc) is 2.79. The van der Waals surface area contributed by atoms with Crippen molar-refractivity contribution in [2.45, 2.75) is 26.4 Å². The summed E-state index contributed by atoms with van der Waals surface area (Å²) in [6, 6.07) is 25.1. The molecular formula is C25H28N2O3. The summed E-state index contributed by atoms with van der Waals surface area (Å²) in [5.41, 5.74) is 2.61. The summed E-state index contributed by atoms with van der Waals surface area (Å²) in [6.45, 7) is 3.40. The fraction of sp³-hybridized carbons (Fsp3) is 0.240. The highest BCUT2D eigenvalue weighted by molar-refractivity contribution is 5.95. The molecule has 156 valence electrons. The van der Waals surface area contributed by atoms with Gasteiger partial charge in [-0.05, 0) is 36.2 Å². The molecule has 3 rings (SSSR count). The van der Waals surface area contributed by atoms with Crippen LogP contribution in [0, 0.1) is 0 Å². The standard InChI is InChI=1S/C25H28N2O3/c1-2-3-16-29-24-15-8-7-14-23(24)27-25(28)18-26-21-12-9-13-22(17-21)30-19-20-10-5-4-6-11-20/h4-15,17,26H,2-3,16,18-19H2,1H3,(H,27,28). The Bertz CT molecular complexity index is 928. The van der Waals surface area contributed by atoms with Crippen LogP contribution >= 0.6 is 0 Å². The molecule has 3 aromatic rings. The molecule has 5 nitrogen and oxygen atoms in total. The van der Waals surface area contributed by atoms with Crippen LogP contribution in [0.2, 0.25) is 0 Å². The Labute approximate surface area is 178 Å². The van der Waals surface area contributed by atoms with Gasteiger partial charge >= 0.3 is 0 Å². The summed E-state index contributed by atoms with van der Waals surface area (Å²) in [7, 11) is 0. The first-order valence-electron chi connectivity index (χ1n) is 10.3. The molecule has 3 aromatic carbocycles. The van der Waals surface area contributed by atoms with Crippen molar-refractivity contribution >= 4 is 17.3 Å². The Morgan fingerprint density at radius 2 is 1.70 bits per heavy atom. The van der Waals surface area contributed by atoms with E-state index in [0.717, 1.165) is 29.8 Å². The number of amides is 1. The molecular weight excluding hydrogens is 376 g/mol. The molecule has 30 heavy (non-hydrogen) atoms. The lowest BCUT2D eigenvalue weighted by atomic mass is 10.2. The summed E-state index contributed by atoms with van der Waals surface area (Å²) >= 11 is 0. The summed E-state index contributed by atoms with van der Waals surface area (Å²) < 4.78 is 11.6. The number of hydrogen-bond donors (Lipinski definition) is 2.